The quantitative estimate of drug-likeness (QED) is 0.906. The number of hydrogen-bond acceptors (Lipinski definition) is 5. The fraction of sp³-hybridized carbons (Fsp3) is 0.389. The summed E-state index contributed by atoms with van der Waals surface area (Å²) in [5, 5.41) is 22.4. The van der Waals surface area contributed by atoms with Crippen LogP contribution in [0, 0.1) is 11.3 Å². The molecule has 1 atom stereocenters. The topological polar surface area (TPSA) is 72.4 Å². The van der Waals surface area contributed by atoms with Crippen molar-refractivity contribution in [1.82, 2.24) is 0 Å². The summed E-state index contributed by atoms with van der Waals surface area (Å²) in [6, 6.07) is 12.0. The van der Waals surface area contributed by atoms with Crippen molar-refractivity contribution in [1.29, 1.82) is 5.26 Å². The van der Waals surface area contributed by atoms with E-state index in [2.05, 4.69) is 16.3 Å². The van der Waals surface area contributed by atoms with Crippen LogP contribution in [0.15, 0.2) is 41.0 Å². The molecule has 1 aliphatic rings. The molecule has 0 spiro atoms. The Morgan fingerprint density at radius 2 is 2.13 bits per heavy atom. The molecule has 1 aromatic carbocycles. The lowest BCUT2D eigenvalue weighted by Crippen LogP contribution is -2.36. The second-order valence-electron chi connectivity index (χ2n) is 5.94. The molecule has 1 aliphatic heterocycles. The molecule has 0 aliphatic carbocycles. The number of anilines is 2. The maximum absolute atomic E-state index is 9.62. The van der Waals surface area contributed by atoms with Crippen molar-refractivity contribution >= 4 is 11.4 Å². The van der Waals surface area contributed by atoms with Gasteiger partial charge in [-0.2, -0.15) is 5.26 Å². The Kier molecular flexibility index (Phi) is 4.54. The van der Waals surface area contributed by atoms with Gasteiger partial charge in [0.1, 0.15) is 11.8 Å². The normalized spacial score (nSPS) is 16.8. The van der Waals surface area contributed by atoms with Gasteiger partial charge in [0.05, 0.1) is 29.7 Å². The molecule has 1 saturated heterocycles. The molecule has 1 unspecified atom stereocenters. The number of benzene rings is 1. The number of nitriles is 1. The monoisotopic (exact) mass is 311 g/mol. The molecule has 120 valence electrons. The molecule has 0 bridgehead atoms. The van der Waals surface area contributed by atoms with Crippen LogP contribution in [-0.2, 0) is 0 Å². The van der Waals surface area contributed by atoms with Crippen molar-refractivity contribution in [2.24, 2.45) is 0 Å². The van der Waals surface area contributed by atoms with Crippen LogP contribution in [0.25, 0.3) is 0 Å². The van der Waals surface area contributed by atoms with Crippen molar-refractivity contribution in [3.8, 4) is 6.07 Å². The SMILES string of the molecule is CC(Nc1ccc(N2CCC(O)CC2)c(C#N)c1)c1ccco1. The van der Waals surface area contributed by atoms with E-state index in [1.54, 1.807) is 6.26 Å². The summed E-state index contributed by atoms with van der Waals surface area (Å²) in [6.45, 7) is 3.58. The molecule has 23 heavy (non-hydrogen) atoms. The molecule has 5 nitrogen and oxygen atoms in total. The highest BCUT2D eigenvalue weighted by atomic mass is 16.3. The van der Waals surface area contributed by atoms with E-state index < -0.39 is 0 Å². The number of nitrogens with zero attached hydrogens (tertiary/aromatic N) is 2. The van der Waals surface area contributed by atoms with Gasteiger partial charge in [-0.15, -0.1) is 0 Å². The van der Waals surface area contributed by atoms with Gasteiger partial charge in [-0.3, -0.25) is 0 Å². The first kappa shape index (κ1) is 15.4. The van der Waals surface area contributed by atoms with E-state index in [4.69, 9.17) is 4.42 Å². The Morgan fingerprint density at radius 3 is 2.78 bits per heavy atom. The van der Waals surface area contributed by atoms with Gasteiger partial charge in [0.25, 0.3) is 0 Å². The summed E-state index contributed by atoms with van der Waals surface area (Å²) >= 11 is 0. The predicted octanol–water partition coefficient (Wildman–Crippen LogP) is 3.29. The van der Waals surface area contributed by atoms with Crippen molar-refractivity contribution < 1.29 is 9.52 Å². The maximum Gasteiger partial charge on any atom is 0.125 e. The first-order chi connectivity index (χ1) is 11.2. The lowest BCUT2D eigenvalue weighted by atomic mass is 10.0. The minimum absolute atomic E-state index is 0.0347. The zero-order valence-corrected chi connectivity index (χ0v) is 13.2. The number of rotatable bonds is 4. The summed E-state index contributed by atoms with van der Waals surface area (Å²) in [5.74, 6) is 0.859. The molecule has 2 aromatic rings. The average Bonchev–Trinajstić information content (AvgIpc) is 3.10. The van der Waals surface area contributed by atoms with Crippen molar-refractivity contribution in [2.45, 2.75) is 31.9 Å². The molecule has 0 saturated carbocycles. The largest absolute Gasteiger partial charge is 0.467 e. The van der Waals surface area contributed by atoms with Gasteiger partial charge in [-0.25, -0.2) is 0 Å². The van der Waals surface area contributed by atoms with Crippen molar-refractivity contribution in [2.75, 3.05) is 23.3 Å². The van der Waals surface area contributed by atoms with Crippen LogP contribution >= 0.6 is 0 Å². The molecule has 2 N–H and O–H groups in total. The Hall–Kier alpha value is -2.45. The second kappa shape index (κ2) is 6.76. The molecule has 0 amide bonds. The van der Waals surface area contributed by atoms with Crippen LogP contribution in [0.5, 0.6) is 0 Å². The van der Waals surface area contributed by atoms with Crippen LogP contribution in [-0.4, -0.2) is 24.3 Å². The Balaban J connectivity index is 1.76. The van der Waals surface area contributed by atoms with Crippen molar-refractivity contribution in [3.05, 3.63) is 47.9 Å². The van der Waals surface area contributed by atoms with Gasteiger partial charge < -0.3 is 19.7 Å². The second-order valence-corrected chi connectivity index (χ2v) is 5.94. The number of hydrogen-bond donors (Lipinski definition) is 2. The molecular weight excluding hydrogens is 290 g/mol. The summed E-state index contributed by atoms with van der Waals surface area (Å²) in [4.78, 5) is 2.17. The fourth-order valence-corrected chi connectivity index (χ4v) is 2.96. The van der Waals surface area contributed by atoms with Gasteiger partial charge in [0.15, 0.2) is 0 Å². The maximum atomic E-state index is 9.62. The zero-order chi connectivity index (χ0) is 16.2. The third-order valence-electron chi connectivity index (χ3n) is 4.28. The first-order valence-electron chi connectivity index (χ1n) is 7.94. The Bertz CT molecular complexity index is 683. The van der Waals surface area contributed by atoms with Crippen LogP contribution in [0.2, 0.25) is 0 Å². The number of aliphatic hydroxyl groups is 1. The number of aliphatic hydroxyl groups excluding tert-OH is 1. The summed E-state index contributed by atoms with van der Waals surface area (Å²) in [7, 11) is 0. The molecule has 3 rings (SSSR count). The van der Waals surface area contributed by atoms with Crippen LogP contribution in [0.3, 0.4) is 0 Å². The molecule has 1 fully saturated rings. The summed E-state index contributed by atoms with van der Waals surface area (Å²) in [5.41, 5.74) is 2.49. The predicted molar refractivity (Wildman–Crippen MR) is 89.4 cm³/mol. The van der Waals surface area contributed by atoms with Crippen molar-refractivity contribution in [3.63, 3.8) is 0 Å². The lowest BCUT2D eigenvalue weighted by Gasteiger charge is -2.32. The van der Waals surface area contributed by atoms with E-state index in [0.29, 0.717) is 5.56 Å². The Morgan fingerprint density at radius 1 is 1.35 bits per heavy atom. The summed E-state index contributed by atoms with van der Waals surface area (Å²) < 4.78 is 5.39. The summed E-state index contributed by atoms with van der Waals surface area (Å²) in [6.07, 6.45) is 2.94. The van der Waals surface area contributed by atoms with Gasteiger partial charge >= 0.3 is 0 Å². The molecule has 2 heterocycles. The van der Waals surface area contributed by atoms with Gasteiger partial charge in [0, 0.05) is 18.8 Å². The van der Waals surface area contributed by atoms with Gasteiger partial charge in [-0.05, 0) is 50.1 Å². The fourth-order valence-electron chi connectivity index (χ4n) is 2.96. The Labute approximate surface area is 136 Å². The average molecular weight is 311 g/mol. The van der Waals surface area contributed by atoms with Crippen LogP contribution in [0.1, 0.15) is 37.1 Å². The van der Waals surface area contributed by atoms with E-state index in [1.807, 2.05) is 37.3 Å². The van der Waals surface area contributed by atoms with Gasteiger partial charge in [0.2, 0.25) is 0 Å². The highest BCUT2D eigenvalue weighted by Crippen LogP contribution is 2.28. The number of piperidine rings is 1. The third-order valence-corrected chi connectivity index (χ3v) is 4.28. The van der Waals surface area contributed by atoms with E-state index in [1.165, 1.54) is 0 Å². The molecule has 0 radical (unpaired) electrons. The minimum atomic E-state index is -0.216. The zero-order valence-electron chi connectivity index (χ0n) is 13.2. The van der Waals surface area contributed by atoms with Crippen LogP contribution in [0.4, 0.5) is 11.4 Å². The van der Waals surface area contributed by atoms with E-state index in [-0.39, 0.29) is 12.1 Å². The smallest absolute Gasteiger partial charge is 0.125 e. The van der Waals surface area contributed by atoms with Crippen LogP contribution < -0.4 is 10.2 Å². The highest BCUT2D eigenvalue weighted by molar-refractivity contribution is 5.66. The lowest BCUT2D eigenvalue weighted by molar-refractivity contribution is 0.145. The molecular formula is C18H21N3O2. The standard InChI is InChI=1S/C18H21N3O2/c1-13(18-3-2-10-23-18)20-15-4-5-17(14(11-15)12-19)21-8-6-16(22)7-9-21/h2-5,10-11,13,16,20,22H,6-9H2,1H3. The minimum Gasteiger partial charge on any atom is -0.467 e. The number of furan rings is 1. The first-order valence-corrected chi connectivity index (χ1v) is 7.94. The molecule has 1 aromatic heterocycles. The van der Waals surface area contributed by atoms with E-state index >= 15 is 0 Å². The third kappa shape index (κ3) is 3.49. The highest BCUT2D eigenvalue weighted by Gasteiger charge is 2.20. The van der Waals surface area contributed by atoms with Gasteiger partial charge in [-0.1, -0.05) is 0 Å². The van der Waals surface area contributed by atoms with E-state index in [9.17, 15) is 10.4 Å². The van der Waals surface area contributed by atoms with E-state index in [0.717, 1.165) is 43.1 Å². The number of nitrogens with one attached hydrogen (secondary N) is 1. The molecule has 5 heteroatoms.